The van der Waals surface area contributed by atoms with E-state index in [1.807, 2.05) is 0 Å². The van der Waals surface area contributed by atoms with Gasteiger partial charge in [-0.2, -0.15) is 17.6 Å². The Kier molecular flexibility index (Phi) is 6.89. The highest BCUT2D eigenvalue weighted by molar-refractivity contribution is 7.84. The zero-order chi connectivity index (χ0) is 16.2. The van der Waals surface area contributed by atoms with Gasteiger partial charge in [0.05, 0.1) is 0 Å². The molecule has 0 spiro atoms. The summed E-state index contributed by atoms with van der Waals surface area (Å²) in [6.45, 7) is 3.16. The molecule has 0 aliphatic heterocycles. The average Bonchev–Trinajstić information content (AvgIpc) is 2.27. The topological polar surface area (TPSA) is 55.4 Å². The Morgan fingerprint density at radius 2 is 1.80 bits per heavy atom. The van der Waals surface area contributed by atoms with Gasteiger partial charge in [0.25, 0.3) is 0 Å². The number of hydrogen-bond donors (Lipinski definition) is 1. The van der Waals surface area contributed by atoms with Gasteiger partial charge in [0, 0.05) is 19.1 Å². The molecule has 0 aliphatic rings. The van der Waals surface area contributed by atoms with Gasteiger partial charge >= 0.3 is 10.6 Å². The molecule has 0 aromatic rings. The summed E-state index contributed by atoms with van der Waals surface area (Å²) < 4.78 is 68.0. The van der Waals surface area contributed by atoms with Gasteiger partial charge in [-0.1, -0.05) is 13.8 Å². The Balaban J connectivity index is 4.72. The molecule has 1 atom stereocenters. The summed E-state index contributed by atoms with van der Waals surface area (Å²) in [5, 5.41) is -10.1. The number of nitrogens with one attached hydrogen (secondary N) is 1. The largest absolute Gasteiger partial charge is 0.415 e. The maximum atomic E-state index is 13.0. The molecule has 0 radical (unpaired) electrons. The summed E-state index contributed by atoms with van der Waals surface area (Å²) in [6.07, 6.45) is 0.693. The molecule has 0 heterocycles. The van der Waals surface area contributed by atoms with Crippen molar-refractivity contribution in [2.45, 2.75) is 37.3 Å². The minimum Gasteiger partial charge on any atom is -0.385 e. The van der Waals surface area contributed by atoms with Crippen molar-refractivity contribution in [2.75, 3.05) is 13.7 Å². The highest BCUT2D eigenvalue weighted by Crippen LogP contribution is 2.39. The van der Waals surface area contributed by atoms with E-state index in [-0.39, 0.29) is 6.42 Å². The molecule has 10 heteroatoms. The Bertz CT molecular complexity index is 374. The molecule has 20 heavy (non-hydrogen) atoms. The molecule has 0 saturated carbocycles. The van der Waals surface area contributed by atoms with Crippen molar-refractivity contribution in [3.63, 3.8) is 0 Å². The van der Waals surface area contributed by atoms with Gasteiger partial charge in [-0.3, -0.25) is 9.52 Å². The van der Waals surface area contributed by atoms with Gasteiger partial charge < -0.3 is 4.74 Å². The second kappa shape index (κ2) is 7.04. The van der Waals surface area contributed by atoms with E-state index < -0.39 is 32.9 Å². The lowest BCUT2D eigenvalue weighted by atomic mass is 9.87. The number of amides is 1. The maximum absolute atomic E-state index is 13.0. The van der Waals surface area contributed by atoms with Gasteiger partial charge in [-0.15, -0.1) is 0 Å². The molecule has 0 aliphatic carbocycles. The molecular weight excluding hydrogens is 326 g/mol. The van der Waals surface area contributed by atoms with Gasteiger partial charge in [0.1, 0.15) is 0 Å². The van der Waals surface area contributed by atoms with E-state index >= 15 is 0 Å². The second-order valence-corrected chi connectivity index (χ2v) is 6.42. The Labute approximate surface area is 121 Å². The van der Waals surface area contributed by atoms with Gasteiger partial charge in [0.2, 0.25) is 5.91 Å². The number of carbonyl (C=O) groups is 1. The van der Waals surface area contributed by atoms with Crippen molar-refractivity contribution in [2.24, 2.45) is 5.41 Å². The predicted molar refractivity (Wildman–Crippen MR) is 66.9 cm³/mol. The zero-order valence-corrected chi connectivity index (χ0v) is 12.7. The summed E-state index contributed by atoms with van der Waals surface area (Å²) in [7, 11) is -2.18. The van der Waals surface area contributed by atoms with Crippen LogP contribution in [0.25, 0.3) is 0 Å². The predicted octanol–water partition coefficient (Wildman–Crippen LogP) is 2.64. The van der Waals surface area contributed by atoms with Crippen molar-refractivity contribution < 1.29 is 31.3 Å². The highest BCUT2D eigenvalue weighted by Gasteiger charge is 2.61. The number of halogens is 5. The van der Waals surface area contributed by atoms with E-state index in [2.05, 4.69) is 11.6 Å². The van der Waals surface area contributed by atoms with Crippen LogP contribution >= 0.6 is 11.6 Å². The van der Waals surface area contributed by atoms with E-state index in [0.29, 0.717) is 13.0 Å². The molecule has 1 unspecified atom stereocenters. The minimum atomic E-state index is -5.06. The summed E-state index contributed by atoms with van der Waals surface area (Å²) in [5.74, 6) is -1.03. The van der Waals surface area contributed by atoms with Crippen molar-refractivity contribution in [3.8, 4) is 0 Å². The van der Waals surface area contributed by atoms with Gasteiger partial charge in [-0.25, -0.2) is 4.21 Å². The standard InChI is InChI=1S/C10H16ClF4NO3S/c1-8(2,5-4-6-19-3)7(17)16-20(18)10(14,15)9(11,12)13/h4-6H2,1-3H3,(H,16,17). The van der Waals surface area contributed by atoms with Crippen LogP contribution in [0.2, 0.25) is 0 Å². The molecule has 0 fully saturated rings. The maximum Gasteiger partial charge on any atom is 0.415 e. The molecule has 0 saturated heterocycles. The van der Waals surface area contributed by atoms with E-state index in [9.17, 15) is 26.6 Å². The molecule has 1 N–H and O–H groups in total. The Hall–Kier alpha value is -0.410. The molecule has 0 aromatic carbocycles. The quantitative estimate of drug-likeness (QED) is 0.419. The third kappa shape index (κ3) is 5.17. The summed E-state index contributed by atoms with van der Waals surface area (Å²) in [6, 6.07) is 0. The van der Waals surface area contributed by atoms with Crippen LogP contribution in [0.3, 0.4) is 0 Å². The summed E-state index contributed by atoms with van der Waals surface area (Å²) >= 11 is 4.18. The Morgan fingerprint density at radius 1 is 1.30 bits per heavy atom. The summed E-state index contributed by atoms with van der Waals surface area (Å²) in [4.78, 5) is 11.7. The van der Waals surface area contributed by atoms with Crippen molar-refractivity contribution >= 4 is 28.5 Å². The number of ether oxygens (including phenoxy) is 1. The third-order valence-electron chi connectivity index (χ3n) is 2.51. The molecule has 4 nitrogen and oxygen atoms in total. The molecule has 0 bridgehead atoms. The molecule has 1 amide bonds. The first-order valence-electron chi connectivity index (χ1n) is 5.52. The fourth-order valence-electron chi connectivity index (χ4n) is 1.16. The fraction of sp³-hybridized carbons (Fsp3) is 0.900. The van der Waals surface area contributed by atoms with Crippen LogP contribution in [0.5, 0.6) is 0 Å². The van der Waals surface area contributed by atoms with Crippen molar-refractivity contribution in [3.05, 3.63) is 0 Å². The first-order chi connectivity index (χ1) is 8.86. The summed E-state index contributed by atoms with van der Waals surface area (Å²) in [5.41, 5.74) is -1.16. The van der Waals surface area contributed by atoms with Crippen LogP contribution in [-0.4, -0.2) is 34.5 Å². The minimum absolute atomic E-state index is 0.243. The van der Waals surface area contributed by atoms with Crippen molar-refractivity contribution in [1.82, 2.24) is 4.72 Å². The van der Waals surface area contributed by atoms with E-state index in [0.717, 1.165) is 0 Å². The monoisotopic (exact) mass is 341 g/mol. The number of hydrogen-bond acceptors (Lipinski definition) is 3. The number of carbonyl (C=O) groups excluding carboxylic acids is 1. The van der Waals surface area contributed by atoms with Gasteiger partial charge in [-0.05, 0) is 24.4 Å². The highest BCUT2D eigenvalue weighted by atomic mass is 35.5. The fourth-order valence-corrected chi connectivity index (χ4v) is 2.16. The van der Waals surface area contributed by atoms with Crippen LogP contribution in [0.15, 0.2) is 0 Å². The average molecular weight is 342 g/mol. The second-order valence-electron chi connectivity index (χ2n) is 4.69. The first kappa shape index (κ1) is 19.6. The SMILES string of the molecule is COCCCC(C)(C)C(=O)NS(=O)C(F)(F)C(F)(F)Cl. The molecule has 0 rings (SSSR count). The lowest BCUT2D eigenvalue weighted by Gasteiger charge is -2.25. The number of rotatable bonds is 8. The van der Waals surface area contributed by atoms with Crippen LogP contribution < -0.4 is 4.72 Å². The van der Waals surface area contributed by atoms with Crippen LogP contribution in [0, 0.1) is 5.41 Å². The molecule has 0 aromatic heterocycles. The molecule has 120 valence electrons. The third-order valence-corrected chi connectivity index (χ3v) is 3.96. The number of alkyl halides is 5. The van der Waals surface area contributed by atoms with Gasteiger partial charge in [0.15, 0.2) is 11.0 Å². The van der Waals surface area contributed by atoms with Crippen LogP contribution in [-0.2, 0) is 20.5 Å². The first-order valence-corrected chi connectivity index (χ1v) is 7.05. The van der Waals surface area contributed by atoms with E-state index in [1.54, 1.807) is 0 Å². The molecular formula is C10H16ClF4NO3S. The lowest BCUT2D eigenvalue weighted by Crippen LogP contribution is -2.49. The van der Waals surface area contributed by atoms with E-state index in [4.69, 9.17) is 4.74 Å². The lowest BCUT2D eigenvalue weighted by molar-refractivity contribution is -0.128. The van der Waals surface area contributed by atoms with Crippen LogP contribution in [0.4, 0.5) is 17.6 Å². The van der Waals surface area contributed by atoms with E-state index in [1.165, 1.54) is 25.7 Å². The Morgan fingerprint density at radius 3 is 2.20 bits per heavy atom. The number of methoxy groups -OCH3 is 1. The zero-order valence-electron chi connectivity index (χ0n) is 11.1. The van der Waals surface area contributed by atoms with Crippen molar-refractivity contribution in [1.29, 1.82) is 0 Å². The smallest absolute Gasteiger partial charge is 0.385 e. The van der Waals surface area contributed by atoms with Crippen LogP contribution in [0.1, 0.15) is 26.7 Å². The normalized spacial score (nSPS) is 15.0.